The maximum Gasteiger partial charge on any atom is 0.231 e. The third kappa shape index (κ3) is 1.79. The van der Waals surface area contributed by atoms with Crippen molar-refractivity contribution >= 4 is 0 Å². The molecule has 1 aromatic carbocycles. The van der Waals surface area contributed by atoms with Crippen molar-refractivity contribution in [2.45, 2.75) is 12.6 Å². The summed E-state index contributed by atoms with van der Waals surface area (Å²) in [4.78, 5) is 1.88. The molecule has 2 heterocycles. The van der Waals surface area contributed by atoms with Crippen molar-refractivity contribution in [3.63, 3.8) is 0 Å². The van der Waals surface area contributed by atoms with E-state index in [1.807, 2.05) is 18.0 Å². The maximum absolute atomic E-state index is 10.2. The Morgan fingerprint density at radius 3 is 2.94 bits per heavy atom. The van der Waals surface area contributed by atoms with E-state index in [9.17, 15) is 5.11 Å². The molecule has 18 heavy (non-hydrogen) atoms. The summed E-state index contributed by atoms with van der Waals surface area (Å²) in [5.41, 5.74) is 1.86. The third-order valence-electron chi connectivity index (χ3n) is 3.36. The quantitative estimate of drug-likeness (QED) is 0.635. The van der Waals surface area contributed by atoms with Gasteiger partial charge >= 0.3 is 0 Å². The number of aliphatic hydroxyl groups excluding tert-OH is 1. The van der Waals surface area contributed by atoms with E-state index in [-0.39, 0.29) is 19.2 Å². The molecule has 0 aromatic heterocycles. The second kappa shape index (κ2) is 4.84. The van der Waals surface area contributed by atoms with Crippen LogP contribution >= 0.6 is 0 Å². The highest BCUT2D eigenvalue weighted by Gasteiger charge is 2.32. The molecule has 2 aliphatic rings. The molecule has 0 aliphatic carbocycles. The fourth-order valence-corrected chi connectivity index (χ4v) is 2.41. The zero-order chi connectivity index (χ0) is 12.0. The number of methoxy groups -OCH3 is 1. The van der Waals surface area contributed by atoms with E-state index in [1.54, 1.807) is 7.11 Å². The van der Waals surface area contributed by atoms with Gasteiger partial charge in [-0.2, -0.15) is 0 Å². The molecule has 3 rings (SSSR count). The monoisotopic (exact) mass is 272 g/mol. The van der Waals surface area contributed by atoms with Crippen LogP contribution in [0, 0.1) is 0 Å². The normalized spacial score (nSPS) is 21.2. The van der Waals surface area contributed by atoms with E-state index >= 15 is 0 Å². The van der Waals surface area contributed by atoms with E-state index in [0.717, 1.165) is 24.1 Å². The van der Waals surface area contributed by atoms with E-state index < -0.39 is 6.23 Å². The lowest BCUT2D eigenvalue weighted by atomic mass is 9.96. The van der Waals surface area contributed by atoms with Gasteiger partial charge in [-0.25, -0.2) is 0 Å². The molecule has 1 unspecified atom stereocenters. The van der Waals surface area contributed by atoms with Gasteiger partial charge in [0.1, 0.15) is 6.23 Å². The van der Waals surface area contributed by atoms with Crippen molar-refractivity contribution in [1.29, 1.82) is 0 Å². The summed E-state index contributed by atoms with van der Waals surface area (Å²) in [7, 11) is 3.47. The average Bonchev–Trinajstić information content (AvgIpc) is 2.79. The summed E-state index contributed by atoms with van der Waals surface area (Å²) in [5, 5.41) is 10.2. The van der Waals surface area contributed by atoms with Gasteiger partial charge in [0.2, 0.25) is 12.5 Å². The van der Waals surface area contributed by atoms with Crippen LogP contribution in [0.2, 0.25) is 0 Å². The number of hydrogen-bond acceptors (Lipinski definition) is 5. The van der Waals surface area contributed by atoms with Gasteiger partial charge in [-0.3, -0.25) is 4.90 Å². The molecule has 100 valence electrons. The predicted octanol–water partition coefficient (Wildman–Crippen LogP) is -2.09. The largest absolute Gasteiger partial charge is 1.00 e. The van der Waals surface area contributed by atoms with Gasteiger partial charge in [-0.15, -0.1) is 0 Å². The number of ether oxygens (including phenoxy) is 3. The molecule has 6 heteroatoms. The SMILES string of the molecule is COc1c2c(cc3c1C(O)N(C)CC3)OCO2.[Cl-]. The van der Waals surface area contributed by atoms with E-state index in [4.69, 9.17) is 14.2 Å². The van der Waals surface area contributed by atoms with Crippen LogP contribution < -0.4 is 26.6 Å². The molecule has 0 saturated heterocycles. The predicted molar refractivity (Wildman–Crippen MR) is 60.4 cm³/mol. The zero-order valence-corrected chi connectivity index (χ0v) is 11.0. The minimum Gasteiger partial charge on any atom is -1.00 e. The Kier molecular flexibility index (Phi) is 3.56. The average molecular weight is 273 g/mol. The molecular formula is C12H15ClNO4-. The van der Waals surface area contributed by atoms with Gasteiger partial charge in [0.05, 0.1) is 7.11 Å². The first kappa shape index (κ1) is 13.3. The van der Waals surface area contributed by atoms with Crippen LogP contribution in [0.4, 0.5) is 0 Å². The summed E-state index contributed by atoms with van der Waals surface area (Å²) < 4.78 is 16.1. The van der Waals surface area contributed by atoms with Crippen LogP contribution in [0.25, 0.3) is 0 Å². The Labute approximate surface area is 112 Å². The molecule has 0 radical (unpaired) electrons. The molecular weight excluding hydrogens is 258 g/mol. The van der Waals surface area contributed by atoms with Crippen LogP contribution in [-0.4, -0.2) is 37.5 Å². The Hall–Kier alpha value is -1.17. The Morgan fingerprint density at radius 1 is 1.44 bits per heavy atom. The molecule has 0 saturated carbocycles. The number of benzene rings is 1. The lowest BCUT2D eigenvalue weighted by molar-refractivity contribution is -0.0000220. The number of rotatable bonds is 1. The first-order chi connectivity index (χ1) is 8.22. The fourth-order valence-electron chi connectivity index (χ4n) is 2.41. The Morgan fingerprint density at radius 2 is 2.22 bits per heavy atom. The van der Waals surface area contributed by atoms with Gasteiger partial charge in [-0.1, -0.05) is 0 Å². The Bertz CT molecular complexity index is 466. The van der Waals surface area contributed by atoms with Gasteiger partial charge in [0.25, 0.3) is 0 Å². The highest BCUT2D eigenvalue weighted by Crippen LogP contribution is 2.48. The lowest BCUT2D eigenvalue weighted by Crippen LogP contribution is -3.00. The third-order valence-corrected chi connectivity index (χ3v) is 3.36. The topological polar surface area (TPSA) is 51.2 Å². The molecule has 0 spiro atoms. The number of halogens is 1. The Balaban J connectivity index is 0.00000120. The van der Waals surface area contributed by atoms with Crippen LogP contribution in [0.1, 0.15) is 17.4 Å². The summed E-state index contributed by atoms with van der Waals surface area (Å²) in [6, 6.07) is 1.94. The summed E-state index contributed by atoms with van der Waals surface area (Å²) >= 11 is 0. The van der Waals surface area contributed by atoms with Gasteiger partial charge in [0, 0.05) is 12.1 Å². The van der Waals surface area contributed by atoms with Crippen LogP contribution in [0.3, 0.4) is 0 Å². The standard InChI is InChI=1S/C12H15NO4.ClH/c1-13-4-3-7-5-8-10(17-6-16-8)11(15-2)9(7)12(13)14;/h5,12,14H,3-4,6H2,1-2H3;1H/p-1. The number of hydrogen-bond donors (Lipinski definition) is 1. The smallest absolute Gasteiger partial charge is 0.231 e. The molecule has 2 aliphatic heterocycles. The molecule has 0 amide bonds. The maximum atomic E-state index is 10.2. The van der Waals surface area contributed by atoms with E-state index in [2.05, 4.69) is 0 Å². The molecule has 0 fully saturated rings. The highest BCUT2D eigenvalue weighted by molar-refractivity contribution is 5.61. The number of nitrogens with zero attached hydrogens (tertiary/aromatic N) is 1. The molecule has 1 atom stereocenters. The summed E-state index contributed by atoms with van der Waals surface area (Å²) in [6.45, 7) is 1.03. The number of fused-ring (bicyclic) bond motifs is 2. The van der Waals surface area contributed by atoms with Crippen molar-refractivity contribution in [2.24, 2.45) is 0 Å². The van der Waals surface area contributed by atoms with Crippen molar-refractivity contribution in [1.82, 2.24) is 4.90 Å². The second-order valence-corrected chi connectivity index (χ2v) is 4.32. The van der Waals surface area contributed by atoms with Gasteiger partial charge in [-0.05, 0) is 25.1 Å². The summed E-state index contributed by atoms with van der Waals surface area (Å²) in [5.74, 6) is 1.90. The highest BCUT2D eigenvalue weighted by atomic mass is 35.5. The minimum absolute atomic E-state index is 0. The molecule has 1 N–H and O–H groups in total. The number of aliphatic hydroxyl groups is 1. The van der Waals surface area contributed by atoms with Gasteiger partial charge in [0.15, 0.2) is 11.5 Å². The zero-order valence-electron chi connectivity index (χ0n) is 10.3. The first-order valence-corrected chi connectivity index (χ1v) is 5.60. The molecule has 0 bridgehead atoms. The van der Waals surface area contributed by atoms with Crippen molar-refractivity contribution in [3.05, 3.63) is 17.2 Å². The van der Waals surface area contributed by atoms with Crippen molar-refractivity contribution in [3.8, 4) is 17.2 Å². The second-order valence-electron chi connectivity index (χ2n) is 4.32. The van der Waals surface area contributed by atoms with Crippen LogP contribution in [-0.2, 0) is 6.42 Å². The minimum atomic E-state index is -0.650. The molecule has 5 nitrogen and oxygen atoms in total. The van der Waals surface area contributed by atoms with Crippen molar-refractivity contribution < 1.29 is 31.7 Å². The van der Waals surface area contributed by atoms with Crippen LogP contribution in [0.15, 0.2) is 6.07 Å². The van der Waals surface area contributed by atoms with Crippen molar-refractivity contribution in [2.75, 3.05) is 27.5 Å². The lowest BCUT2D eigenvalue weighted by Gasteiger charge is -2.32. The van der Waals surface area contributed by atoms with E-state index in [1.165, 1.54) is 0 Å². The first-order valence-electron chi connectivity index (χ1n) is 5.60. The molecule has 1 aromatic rings. The van der Waals surface area contributed by atoms with E-state index in [0.29, 0.717) is 17.2 Å². The van der Waals surface area contributed by atoms with Gasteiger partial charge < -0.3 is 31.7 Å². The summed E-state index contributed by atoms with van der Waals surface area (Å²) in [6.07, 6.45) is 0.221. The number of likely N-dealkylation sites (N-methyl/N-ethyl adjacent to an activating group) is 1. The fraction of sp³-hybridized carbons (Fsp3) is 0.500. The van der Waals surface area contributed by atoms with Crippen LogP contribution in [0.5, 0.6) is 17.2 Å².